The van der Waals surface area contributed by atoms with Gasteiger partial charge in [-0.05, 0) is 49.4 Å². The third-order valence-electron chi connectivity index (χ3n) is 4.36. The van der Waals surface area contributed by atoms with Crippen molar-refractivity contribution in [2.45, 2.75) is 6.92 Å². The van der Waals surface area contributed by atoms with Crippen LogP contribution in [0.3, 0.4) is 0 Å². The van der Waals surface area contributed by atoms with E-state index in [9.17, 15) is 9.59 Å². The molecule has 1 aliphatic heterocycles. The molecule has 0 radical (unpaired) electrons. The van der Waals surface area contributed by atoms with Gasteiger partial charge in [-0.2, -0.15) is 0 Å². The van der Waals surface area contributed by atoms with E-state index in [-0.39, 0.29) is 11.7 Å². The lowest BCUT2D eigenvalue weighted by atomic mass is 10.1. The van der Waals surface area contributed by atoms with Crippen molar-refractivity contribution in [1.29, 1.82) is 0 Å². The fraction of sp³-hybridized carbons (Fsp3) is 0.263. The zero-order valence-corrected chi connectivity index (χ0v) is 16.2. The van der Waals surface area contributed by atoms with Gasteiger partial charge in [-0.15, -0.1) is 0 Å². The van der Waals surface area contributed by atoms with Crippen molar-refractivity contribution >= 4 is 44.9 Å². The first-order valence-corrected chi connectivity index (χ1v) is 9.23. The van der Waals surface area contributed by atoms with Crippen molar-refractivity contribution in [3.8, 4) is 0 Å². The van der Waals surface area contributed by atoms with Gasteiger partial charge in [-0.1, -0.05) is 27.5 Å². The summed E-state index contributed by atoms with van der Waals surface area (Å²) in [6.45, 7) is 4.33. The average molecular weight is 422 g/mol. The second-order valence-electron chi connectivity index (χ2n) is 6.01. The number of halogens is 2. The van der Waals surface area contributed by atoms with E-state index < -0.39 is 0 Å². The van der Waals surface area contributed by atoms with Crippen LogP contribution in [-0.4, -0.2) is 42.8 Å². The molecule has 0 aliphatic carbocycles. The SMILES string of the molecule is CC(=O)c1ccc(N2CCN(C(=O)c3cc(Br)ccc3Cl)CC2)cc1. The summed E-state index contributed by atoms with van der Waals surface area (Å²) in [6, 6.07) is 12.9. The molecule has 0 atom stereocenters. The molecule has 0 unspecified atom stereocenters. The number of piperazine rings is 1. The monoisotopic (exact) mass is 420 g/mol. The number of carbonyl (C=O) groups is 2. The molecule has 130 valence electrons. The molecule has 0 bridgehead atoms. The molecule has 1 fully saturated rings. The minimum atomic E-state index is -0.0436. The average Bonchev–Trinajstić information content (AvgIpc) is 2.63. The third kappa shape index (κ3) is 4.05. The van der Waals surface area contributed by atoms with E-state index in [1.165, 1.54) is 0 Å². The van der Waals surface area contributed by atoms with E-state index in [4.69, 9.17) is 11.6 Å². The molecule has 0 aromatic heterocycles. The highest BCUT2D eigenvalue weighted by atomic mass is 79.9. The molecule has 0 saturated carbocycles. The summed E-state index contributed by atoms with van der Waals surface area (Å²) < 4.78 is 0.837. The number of nitrogens with zero attached hydrogens (tertiary/aromatic N) is 2. The summed E-state index contributed by atoms with van der Waals surface area (Å²) in [7, 11) is 0. The Labute approximate surface area is 160 Å². The predicted octanol–water partition coefficient (Wildman–Crippen LogP) is 4.27. The molecule has 25 heavy (non-hydrogen) atoms. The van der Waals surface area contributed by atoms with Crippen molar-refractivity contribution < 1.29 is 9.59 Å². The standard InChI is InChI=1S/C19H18BrClN2O2/c1-13(24)14-2-5-16(6-3-14)22-8-10-23(11-9-22)19(25)17-12-15(20)4-7-18(17)21/h2-7,12H,8-11H2,1H3. The number of Topliss-reactive ketones (excluding diaryl/α,β-unsaturated/α-hetero) is 1. The van der Waals surface area contributed by atoms with E-state index in [2.05, 4.69) is 20.8 Å². The number of rotatable bonds is 3. The summed E-state index contributed by atoms with van der Waals surface area (Å²) in [6.07, 6.45) is 0. The van der Waals surface area contributed by atoms with Crippen molar-refractivity contribution in [3.63, 3.8) is 0 Å². The molecule has 2 aromatic carbocycles. The first-order valence-electron chi connectivity index (χ1n) is 8.06. The van der Waals surface area contributed by atoms with Gasteiger partial charge in [0.25, 0.3) is 5.91 Å². The van der Waals surface area contributed by atoms with E-state index in [0.717, 1.165) is 23.2 Å². The summed E-state index contributed by atoms with van der Waals surface area (Å²) in [4.78, 5) is 28.1. The summed E-state index contributed by atoms with van der Waals surface area (Å²) >= 11 is 9.55. The summed E-state index contributed by atoms with van der Waals surface area (Å²) in [5.41, 5.74) is 2.30. The van der Waals surface area contributed by atoms with Gasteiger partial charge in [0.2, 0.25) is 0 Å². The van der Waals surface area contributed by atoms with Gasteiger partial charge in [0, 0.05) is 41.9 Å². The number of carbonyl (C=O) groups excluding carboxylic acids is 2. The number of ketones is 1. The maximum atomic E-state index is 12.7. The fourth-order valence-corrected chi connectivity index (χ4v) is 3.47. The number of benzene rings is 2. The number of hydrogen-bond acceptors (Lipinski definition) is 3. The first-order chi connectivity index (χ1) is 12.0. The molecule has 0 N–H and O–H groups in total. The molecule has 4 nitrogen and oxygen atoms in total. The predicted molar refractivity (Wildman–Crippen MR) is 104 cm³/mol. The Kier molecular flexibility index (Phi) is 5.45. The van der Waals surface area contributed by atoms with Crippen LogP contribution in [-0.2, 0) is 0 Å². The van der Waals surface area contributed by atoms with Crippen LogP contribution in [0.2, 0.25) is 5.02 Å². The Morgan fingerprint density at radius 3 is 2.24 bits per heavy atom. The van der Waals surface area contributed by atoms with Gasteiger partial charge in [0.05, 0.1) is 10.6 Å². The minimum absolute atomic E-state index is 0.0436. The normalized spacial score (nSPS) is 14.5. The topological polar surface area (TPSA) is 40.6 Å². The highest BCUT2D eigenvalue weighted by molar-refractivity contribution is 9.10. The molecular weight excluding hydrogens is 404 g/mol. The number of hydrogen-bond donors (Lipinski definition) is 0. The van der Waals surface area contributed by atoms with Crippen LogP contribution in [0.5, 0.6) is 0 Å². The van der Waals surface area contributed by atoms with Crippen LogP contribution in [0, 0.1) is 0 Å². The highest BCUT2D eigenvalue weighted by Gasteiger charge is 2.24. The number of amides is 1. The lowest BCUT2D eigenvalue weighted by Gasteiger charge is -2.36. The molecule has 1 amide bonds. The smallest absolute Gasteiger partial charge is 0.255 e. The van der Waals surface area contributed by atoms with Crippen molar-refractivity contribution in [2.24, 2.45) is 0 Å². The van der Waals surface area contributed by atoms with Crippen molar-refractivity contribution in [2.75, 3.05) is 31.1 Å². The zero-order valence-electron chi connectivity index (χ0n) is 13.8. The highest BCUT2D eigenvalue weighted by Crippen LogP contribution is 2.24. The molecule has 2 aromatic rings. The van der Waals surface area contributed by atoms with Crippen LogP contribution in [0.1, 0.15) is 27.6 Å². The molecule has 1 aliphatic rings. The van der Waals surface area contributed by atoms with Gasteiger partial charge in [-0.25, -0.2) is 0 Å². The lowest BCUT2D eigenvalue weighted by molar-refractivity contribution is 0.0746. The minimum Gasteiger partial charge on any atom is -0.368 e. The third-order valence-corrected chi connectivity index (χ3v) is 5.19. The van der Waals surface area contributed by atoms with Gasteiger partial charge < -0.3 is 9.80 Å². The Bertz CT molecular complexity index is 800. The van der Waals surface area contributed by atoms with Gasteiger partial charge >= 0.3 is 0 Å². The van der Waals surface area contributed by atoms with Crippen molar-refractivity contribution in [3.05, 3.63) is 63.1 Å². The Morgan fingerprint density at radius 2 is 1.64 bits per heavy atom. The van der Waals surface area contributed by atoms with Gasteiger partial charge in [-0.3, -0.25) is 9.59 Å². The lowest BCUT2D eigenvalue weighted by Crippen LogP contribution is -2.48. The number of anilines is 1. The first kappa shape index (κ1) is 18.0. The maximum Gasteiger partial charge on any atom is 0.255 e. The van der Waals surface area contributed by atoms with Crippen LogP contribution >= 0.6 is 27.5 Å². The summed E-state index contributed by atoms with van der Waals surface area (Å²) in [5.74, 6) is 0.0192. The molecule has 0 spiro atoms. The largest absolute Gasteiger partial charge is 0.368 e. The van der Waals surface area contributed by atoms with Gasteiger partial charge in [0.1, 0.15) is 0 Å². The van der Waals surface area contributed by atoms with Crippen LogP contribution in [0.15, 0.2) is 46.9 Å². The van der Waals surface area contributed by atoms with Crippen LogP contribution < -0.4 is 4.90 Å². The zero-order chi connectivity index (χ0) is 18.0. The quantitative estimate of drug-likeness (QED) is 0.695. The van der Waals surface area contributed by atoms with E-state index in [1.54, 1.807) is 19.1 Å². The molecule has 1 saturated heterocycles. The second-order valence-corrected chi connectivity index (χ2v) is 7.33. The van der Waals surface area contributed by atoms with Crippen molar-refractivity contribution in [1.82, 2.24) is 4.90 Å². The molecular formula is C19H18BrClN2O2. The van der Waals surface area contributed by atoms with Gasteiger partial charge in [0.15, 0.2) is 5.78 Å². The molecule has 6 heteroatoms. The van der Waals surface area contributed by atoms with E-state index in [0.29, 0.717) is 29.2 Å². The molecule has 1 heterocycles. The maximum absolute atomic E-state index is 12.7. The van der Waals surface area contributed by atoms with Crippen LogP contribution in [0.25, 0.3) is 0 Å². The second kappa shape index (κ2) is 7.58. The summed E-state index contributed by atoms with van der Waals surface area (Å²) in [5, 5.41) is 0.468. The van der Waals surface area contributed by atoms with Crippen LogP contribution in [0.4, 0.5) is 5.69 Å². The Morgan fingerprint density at radius 1 is 1.00 bits per heavy atom. The molecule has 3 rings (SSSR count). The fourth-order valence-electron chi connectivity index (χ4n) is 2.91. The Hall–Kier alpha value is -1.85. The Balaban J connectivity index is 1.66. The van der Waals surface area contributed by atoms with E-state index in [1.807, 2.05) is 35.2 Å². The van der Waals surface area contributed by atoms with E-state index >= 15 is 0 Å².